The molecule has 0 atom stereocenters. The van der Waals surface area contributed by atoms with Crippen LogP contribution in [0.4, 0.5) is 11.6 Å². The van der Waals surface area contributed by atoms with Gasteiger partial charge < -0.3 is 25.2 Å². The Kier molecular flexibility index (Phi) is 4.86. The molecule has 4 N–H and O–H groups in total. The number of amides is 1. The van der Waals surface area contributed by atoms with Gasteiger partial charge in [0.05, 0.1) is 30.6 Å². The van der Waals surface area contributed by atoms with Gasteiger partial charge in [-0.05, 0) is 36.8 Å². The molecule has 0 unspecified atom stereocenters. The van der Waals surface area contributed by atoms with E-state index >= 15 is 0 Å². The molecule has 5 aromatic rings. The number of aryl methyl sites for hydroxylation is 2. The highest BCUT2D eigenvalue weighted by Crippen LogP contribution is 2.26. The second kappa shape index (κ2) is 7.99. The predicted octanol–water partition coefficient (Wildman–Crippen LogP) is 3.06. The number of rotatable bonds is 6. The van der Waals surface area contributed by atoms with Gasteiger partial charge in [-0.15, -0.1) is 0 Å². The van der Waals surface area contributed by atoms with Gasteiger partial charge in [0, 0.05) is 42.2 Å². The van der Waals surface area contributed by atoms with E-state index in [0.717, 1.165) is 39.2 Å². The minimum atomic E-state index is -0.190. The van der Waals surface area contributed by atoms with Gasteiger partial charge in [-0.25, -0.2) is 19.9 Å². The van der Waals surface area contributed by atoms with Crippen molar-refractivity contribution >= 4 is 28.4 Å². The van der Waals surface area contributed by atoms with Gasteiger partial charge in [0.1, 0.15) is 11.4 Å². The Morgan fingerprint density at radius 1 is 1.16 bits per heavy atom. The van der Waals surface area contributed by atoms with Crippen molar-refractivity contribution in [1.82, 2.24) is 39.8 Å². The molecule has 0 saturated carbocycles. The van der Waals surface area contributed by atoms with Crippen molar-refractivity contribution in [3.05, 3.63) is 72.5 Å². The minimum absolute atomic E-state index is 0.190. The van der Waals surface area contributed by atoms with Crippen LogP contribution in [0.25, 0.3) is 22.3 Å². The van der Waals surface area contributed by atoms with E-state index in [9.17, 15) is 4.79 Å². The molecule has 10 nitrogen and oxygen atoms in total. The first-order chi connectivity index (χ1) is 15.5. The molecule has 0 bridgehead atoms. The van der Waals surface area contributed by atoms with Crippen LogP contribution < -0.4 is 10.6 Å². The van der Waals surface area contributed by atoms with Gasteiger partial charge >= 0.3 is 0 Å². The molecule has 0 aliphatic rings. The minimum Gasteiger partial charge on any atom is -0.351 e. The number of benzene rings is 1. The molecule has 0 radical (unpaired) electrons. The summed E-state index contributed by atoms with van der Waals surface area (Å²) in [7, 11) is 1.91. The molecule has 10 heteroatoms. The number of aromatic nitrogens is 7. The second-order valence-corrected chi connectivity index (χ2v) is 7.50. The highest BCUT2D eigenvalue weighted by atomic mass is 16.1. The number of nitrogens with zero attached hydrogens (tertiary/aromatic N) is 5. The molecule has 5 rings (SSSR count). The molecule has 1 amide bonds. The largest absolute Gasteiger partial charge is 0.351 e. The third-order valence-electron chi connectivity index (χ3n) is 5.03. The molecule has 4 heterocycles. The summed E-state index contributed by atoms with van der Waals surface area (Å²) in [6, 6.07) is 7.60. The van der Waals surface area contributed by atoms with Gasteiger partial charge in [0.15, 0.2) is 0 Å². The topological polar surface area (TPSA) is 129 Å². The molecular formula is C22H21N9O. The third kappa shape index (κ3) is 3.93. The van der Waals surface area contributed by atoms with Crippen LogP contribution in [-0.4, -0.2) is 40.4 Å². The first-order valence-electron chi connectivity index (χ1n) is 10.0. The normalized spacial score (nSPS) is 11.1. The van der Waals surface area contributed by atoms with Crippen molar-refractivity contribution in [1.29, 1.82) is 0 Å². The number of carbonyl (C=O) groups excluding carboxylic acids is 1. The lowest BCUT2D eigenvalue weighted by Crippen LogP contribution is -2.23. The highest BCUT2D eigenvalue weighted by molar-refractivity contribution is 5.99. The van der Waals surface area contributed by atoms with Gasteiger partial charge in [0.25, 0.3) is 5.91 Å². The lowest BCUT2D eigenvalue weighted by molar-refractivity contribution is 0.0946. The molecule has 0 fully saturated rings. The SMILES string of the molecule is Cc1cc(Nc2nccc(-c3cn(C)cn3)n2)cc2cc(C(=O)NCc3c[nH]cn3)[nH]c12. The molecular weight excluding hydrogens is 406 g/mol. The van der Waals surface area contributed by atoms with Crippen molar-refractivity contribution in [3.8, 4) is 11.4 Å². The van der Waals surface area contributed by atoms with Crippen LogP contribution in [0.1, 0.15) is 21.7 Å². The Morgan fingerprint density at radius 2 is 2.06 bits per heavy atom. The van der Waals surface area contributed by atoms with Crippen LogP contribution in [0.2, 0.25) is 0 Å². The van der Waals surface area contributed by atoms with E-state index < -0.39 is 0 Å². The van der Waals surface area contributed by atoms with Crippen LogP contribution in [0.15, 0.2) is 55.5 Å². The van der Waals surface area contributed by atoms with E-state index in [2.05, 4.69) is 40.5 Å². The fourth-order valence-electron chi connectivity index (χ4n) is 3.51. The van der Waals surface area contributed by atoms with Crippen LogP contribution in [-0.2, 0) is 13.6 Å². The van der Waals surface area contributed by atoms with Gasteiger partial charge in [-0.1, -0.05) is 0 Å². The zero-order valence-electron chi connectivity index (χ0n) is 17.5. The fraction of sp³-hybridized carbons (Fsp3) is 0.136. The van der Waals surface area contributed by atoms with Crippen molar-refractivity contribution in [2.45, 2.75) is 13.5 Å². The smallest absolute Gasteiger partial charge is 0.268 e. The van der Waals surface area contributed by atoms with Crippen LogP contribution in [0.5, 0.6) is 0 Å². The van der Waals surface area contributed by atoms with Crippen molar-refractivity contribution in [2.75, 3.05) is 5.32 Å². The van der Waals surface area contributed by atoms with Crippen LogP contribution in [0.3, 0.4) is 0 Å². The summed E-state index contributed by atoms with van der Waals surface area (Å²) in [4.78, 5) is 36.0. The highest BCUT2D eigenvalue weighted by Gasteiger charge is 2.13. The maximum atomic E-state index is 12.5. The fourth-order valence-corrected chi connectivity index (χ4v) is 3.51. The van der Waals surface area contributed by atoms with Crippen molar-refractivity contribution in [2.24, 2.45) is 7.05 Å². The maximum Gasteiger partial charge on any atom is 0.268 e. The summed E-state index contributed by atoms with van der Waals surface area (Å²) >= 11 is 0. The molecule has 160 valence electrons. The summed E-state index contributed by atoms with van der Waals surface area (Å²) in [5, 5.41) is 7.03. The number of aromatic amines is 2. The summed E-state index contributed by atoms with van der Waals surface area (Å²) in [6.45, 7) is 2.34. The number of imidazole rings is 2. The molecule has 0 aliphatic heterocycles. The van der Waals surface area contributed by atoms with E-state index in [1.54, 1.807) is 25.0 Å². The summed E-state index contributed by atoms with van der Waals surface area (Å²) in [5.74, 6) is 0.281. The average Bonchev–Trinajstić information content (AvgIpc) is 3.53. The van der Waals surface area contributed by atoms with Crippen molar-refractivity contribution < 1.29 is 4.79 Å². The Hall–Kier alpha value is -4.47. The summed E-state index contributed by atoms with van der Waals surface area (Å²) in [5.41, 5.74) is 5.50. The zero-order chi connectivity index (χ0) is 22.1. The summed E-state index contributed by atoms with van der Waals surface area (Å²) in [6.07, 6.45) is 8.66. The molecule has 32 heavy (non-hydrogen) atoms. The average molecular weight is 427 g/mol. The molecule has 4 aromatic heterocycles. The predicted molar refractivity (Wildman–Crippen MR) is 120 cm³/mol. The Morgan fingerprint density at radius 3 is 2.84 bits per heavy atom. The Balaban J connectivity index is 1.37. The Labute approximate surface area is 183 Å². The molecule has 1 aromatic carbocycles. The number of H-pyrrole nitrogens is 2. The maximum absolute atomic E-state index is 12.5. The van der Waals surface area contributed by atoms with Crippen LogP contribution in [0, 0.1) is 6.92 Å². The monoisotopic (exact) mass is 427 g/mol. The number of hydrogen-bond acceptors (Lipinski definition) is 6. The van der Waals surface area contributed by atoms with E-state index in [-0.39, 0.29) is 5.91 Å². The quantitative estimate of drug-likeness (QED) is 0.330. The van der Waals surface area contributed by atoms with Gasteiger partial charge in [-0.3, -0.25) is 4.79 Å². The number of nitrogens with one attached hydrogen (secondary N) is 4. The second-order valence-electron chi connectivity index (χ2n) is 7.50. The molecule has 0 saturated heterocycles. The molecule has 0 spiro atoms. The third-order valence-corrected chi connectivity index (χ3v) is 5.03. The number of hydrogen-bond donors (Lipinski definition) is 4. The number of fused-ring (bicyclic) bond motifs is 1. The van der Waals surface area contributed by atoms with E-state index in [1.807, 2.05) is 49.0 Å². The Bertz CT molecular complexity index is 1400. The lowest BCUT2D eigenvalue weighted by atomic mass is 10.1. The van der Waals surface area contributed by atoms with Crippen molar-refractivity contribution in [3.63, 3.8) is 0 Å². The van der Waals surface area contributed by atoms with E-state index in [0.29, 0.717) is 18.2 Å². The van der Waals surface area contributed by atoms with Gasteiger partial charge in [0.2, 0.25) is 5.95 Å². The van der Waals surface area contributed by atoms with Gasteiger partial charge in [-0.2, -0.15) is 0 Å². The van der Waals surface area contributed by atoms with Crippen LogP contribution >= 0.6 is 0 Å². The first kappa shape index (κ1) is 19.5. The molecule has 0 aliphatic carbocycles. The van der Waals surface area contributed by atoms with E-state index in [4.69, 9.17) is 0 Å². The van der Waals surface area contributed by atoms with E-state index in [1.165, 1.54) is 0 Å². The summed E-state index contributed by atoms with van der Waals surface area (Å²) < 4.78 is 1.87. The first-order valence-corrected chi connectivity index (χ1v) is 10.0. The number of carbonyl (C=O) groups is 1. The zero-order valence-corrected chi connectivity index (χ0v) is 17.5. The lowest BCUT2D eigenvalue weighted by Gasteiger charge is -2.07. The standard InChI is InChI=1S/C22H21N9O/c1-13-5-15(28-22-24-4-3-17(30-22)19-10-31(2)12-27-19)6-14-7-18(29-20(13)14)21(32)25-9-16-8-23-11-26-16/h3-8,10-12,29H,9H2,1-2H3,(H,23,26)(H,25,32)(H,24,28,30). The number of anilines is 2.